The van der Waals surface area contributed by atoms with Crippen LogP contribution in [0.1, 0.15) is 27.2 Å². The molecule has 0 bridgehead atoms. The van der Waals surface area contributed by atoms with Gasteiger partial charge in [-0.15, -0.1) is 5.73 Å². The number of hydrogen-bond acceptors (Lipinski definition) is 4. The van der Waals surface area contributed by atoms with Crippen molar-refractivity contribution >= 4 is 5.97 Å². The molecule has 2 aliphatic rings. The average molecular weight is 280 g/mol. The second-order valence-electron chi connectivity index (χ2n) is 4.92. The predicted molar refractivity (Wildman–Crippen MR) is 70.2 cm³/mol. The molecule has 2 rings (SSSR count). The van der Waals surface area contributed by atoms with Crippen molar-refractivity contribution in [3.8, 4) is 0 Å². The summed E-state index contributed by atoms with van der Waals surface area (Å²) in [6.07, 6.45) is 3.45. The van der Waals surface area contributed by atoms with E-state index in [9.17, 15) is 9.18 Å². The number of rotatable bonds is 3. The second-order valence-corrected chi connectivity index (χ2v) is 4.92. The van der Waals surface area contributed by atoms with Crippen LogP contribution in [0.5, 0.6) is 0 Å². The van der Waals surface area contributed by atoms with Gasteiger partial charge in [0.15, 0.2) is 0 Å². The van der Waals surface area contributed by atoms with Crippen LogP contribution in [-0.4, -0.2) is 24.5 Å². The minimum absolute atomic E-state index is 0.0110. The van der Waals surface area contributed by atoms with Crippen molar-refractivity contribution in [3.63, 3.8) is 0 Å². The molecule has 0 amide bonds. The SMILES string of the molecule is CCOC(=O)CC1OC(C)(C)OC2=C1C=C(F)C=C=C2. The van der Waals surface area contributed by atoms with Gasteiger partial charge in [0.2, 0.25) is 5.79 Å². The number of carbonyl (C=O) groups is 1. The van der Waals surface area contributed by atoms with Crippen LogP contribution in [0.15, 0.2) is 41.1 Å². The van der Waals surface area contributed by atoms with E-state index in [1.54, 1.807) is 26.8 Å². The van der Waals surface area contributed by atoms with Crippen LogP contribution in [0.4, 0.5) is 4.39 Å². The molecule has 4 nitrogen and oxygen atoms in total. The molecule has 1 unspecified atom stereocenters. The summed E-state index contributed by atoms with van der Waals surface area (Å²) in [6.45, 7) is 5.49. The Labute approximate surface area is 117 Å². The van der Waals surface area contributed by atoms with E-state index >= 15 is 0 Å². The maximum atomic E-state index is 13.5. The average Bonchev–Trinajstić information content (AvgIpc) is 2.49. The highest BCUT2D eigenvalue weighted by Crippen LogP contribution is 2.34. The Bertz CT molecular complexity index is 536. The molecule has 1 atom stereocenters. The van der Waals surface area contributed by atoms with E-state index in [2.05, 4.69) is 5.73 Å². The molecule has 0 saturated heterocycles. The Kier molecular flexibility index (Phi) is 4.12. The highest BCUT2D eigenvalue weighted by Gasteiger charge is 2.36. The van der Waals surface area contributed by atoms with Crippen LogP contribution in [0, 0.1) is 0 Å². The third kappa shape index (κ3) is 3.38. The van der Waals surface area contributed by atoms with Gasteiger partial charge in [0.1, 0.15) is 17.7 Å². The third-order valence-corrected chi connectivity index (χ3v) is 2.80. The zero-order valence-corrected chi connectivity index (χ0v) is 11.7. The first kappa shape index (κ1) is 14.6. The highest BCUT2D eigenvalue weighted by molar-refractivity contribution is 5.71. The topological polar surface area (TPSA) is 44.8 Å². The van der Waals surface area contributed by atoms with E-state index in [-0.39, 0.29) is 6.42 Å². The van der Waals surface area contributed by atoms with Crippen LogP contribution < -0.4 is 0 Å². The largest absolute Gasteiger partial charge is 0.466 e. The zero-order valence-electron chi connectivity index (χ0n) is 11.7. The molecule has 20 heavy (non-hydrogen) atoms. The number of hydrogen-bond donors (Lipinski definition) is 0. The summed E-state index contributed by atoms with van der Waals surface area (Å²) in [7, 11) is 0. The van der Waals surface area contributed by atoms with Gasteiger partial charge < -0.3 is 14.2 Å². The molecule has 0 aromatic carbocycles. The van der Waals surface area contributed by atoms with E-state index in [4.69, 9.17) is 14.2 Å². The van der Waals surface area contributed by atoms with Crippen molar-refractivity contribution in [3.05, 3.63) is 41.1 Å². The molecular formula is C15H17FO4. The van der Waals surface area contributed by atoms with Crippen molar-refractivity contribution in [1.29, 1.82) is 0 Å². The van der Waals surface area contributed by atoms with Crippen LogP contribution in [0.25, 0.3) is 0 Å². The summed E-state index contributed by atoms with van der Waals surface area (Å²) < 4.78 is 29.8. The Balaban J connectivity index is 2.32. The second kappa shape index (κ2) is 5.65. The third-order valence-electron chi connectivity index (χ3n) is 2.80. The molecule has 1 aliphatic carbocycles. The fourth-order valence-electron chi connectivity index (χ4n) is 2.10. The number of esters is 1. The number of ether oxygens (including phenoxy) is 3. The molecule has 0 spiro atoms. The van der Waals surface area contributed by atoms with Gasteiger partial charge in [0.25, 0.3) is 0 Å². The van der Waals surface area contributed by atoms with E-state index in [1.807, 2.05) is 0 Å². The molecular weight excluding hydrogens is 263 g/mol. The summed E-state index contributed by atoms with van der Waals surface area (Å²) in [5, 5.41) is 0. The van der Waals surface area contributed by atoms with Crippen molar-refractivity contribution in [2.24, 2.45) is 0 Å². The number of allylic oxidation sites excluding steroid dienone is 2. The first-order chi connectivity index (χ1) is 9.41. The quantitative estimate of drug-likeness (QED) is 0.589. The zero-order chi connectivity index (χ0) is 14.8. The van der Waals surface area contributed by atoms with E-state index in [1.165, 1.54) is 12.2 Å². The minimum Gasteiger partial charge on any atom is -0.466 e. The molecule has 1 aliphatic heterocycles. The summed E-state index contributed by atoms with van der Waals surface area (Å²) in [6, 6.07) is 0. The first-order valence-corrected chi connectivity index (χ1v) is 6.47. The van der Waals surface area contributed by atoms with Gasteiger partial charge in [-0.1, -0.05) is 0 Å². The Morgan fingerprint density at radius 1 is 1.50 bits per heavy atom. The maximum absolute atomic E-state index is 13.5. The van der Waals surface area contributed by atoms with Crippen molar-refractivity contribution in [2.45, 2.75) is 39.1 Å². The lowest BCUT2D eigenvalue weighted by atomic mass is 10.0. The van der Waals surface area contributed by atoms with Gasteiger partial charge in [-0.2, -0.15) is 0 Å². The summed E-state index contributed by atoms with van der Waals surface area (Å²) in [5.74, 6) is -1.30. The Morgan fingerprint density at radius 3 is 2.95 bits per heavy atom. The lowest BCUT2D eigenvalue weighted by molar-refractivity contribution is -0.225. The molecule has 5 heteroatoms. The van der Waals surface area contributed by atoms with Gasteiger partial charge in [0.05, 0.1) is 13.0 Å². The molecule has 1 heterocycles. The summed E-state index contributed by atoms with van der Waals surface area (Å²) >= 11 is 0. The van der Waals surface area contributed by atoms with Gasteiger partial charge in [-0.25, -0.2) is 4.39 Å². The number of carbonyl (C=O) groups excluding carboxylic acids is 1. The first-order valence-electron chi connectivity index (χ1n) is 6.47. The lowest BCUT2D eigenvalue weighted by Gasteiger charge is -2.37. The summed E-state index contributed by atoms with van der Waals surface area (Å²) in [4.78, 5) is 11.7. The smallest absolute Gasteiger partial charge is 0.308 e. The Morgan fingerprint density at radius 2 is 2.25 bits per heavy atom. The molecule has 108 valence electrons. The van der Waals surface area contributed by atoms with Crippen LogP contribution in [0.2, 0.25) is 0 Å². The predicted octanol–water partition coefficient (Wildman–Crippen LogP) is 2.92. The molecule has 0 N–H and O–H groups in total. The van der Waals surface area contributed by atoms with Gasteiger partial charge in [0, 0.05) is 31.6 Å². The minimum atomic E-state index is -0.900. The van der Waals surface area contributed by atoms with Gasteiger partial charge in [-0.05, 0) is 13.0 Å². The molecule has 0 aromatic rings. The van der Waals surface area contributed by atoms with Crippen LogP contribution in [-0.2, 0) is 19.0 Å². The summed E-state index contributed by atoms with van der Waals surface area (Å²) in [5.41, 5.74) is 3.17. The van der Waals surface area contributed by atoms with Gasteiger partial charge >= 0.3 is 5.97 Å². The molecule has 0 saturated carbocycles. The molecule has 0 radical (unpaired) electrons. The fraction of sp³-hybridized carbons (Fsp3) is 0.467. The maximum Gasteiger partial charge on any atom is 0.308 e. The molecule has 0 fully saturated rings. The monoisotopic (exact) mass is 280 g/mol. The van der Waals surface area contributed by atoms with Gasteiger partial charge in [-0.3, -0.25) is 4.79 Å². The standard InChI is InChI=1S/C15H17FO4/c1-4-18-14(17)9-13-11-8-10(16)6-5-7-12(11)19-15(2,3)20-13/h6-8,13H,4,9H2,1-3H3. The van der Waals surface area contributed by atoms with Crippen molar-refractivity contribution in [2.75, 3.05) is 6.61 Å². The molecule has 0 aromatic heterocycles. The number of halogens is 1. The van der Waals surface area contributed by atoms with E-state index < -0.39 is 23.7 Å². The Hall–Kier alpha value is -1.84. The van der Waals surface area contributed by atoms with Crippen molar-refractivity contribution in [1.82, 2.24) is 0 Å². The van der Waals surface area contributed by atoms with Crippen LogP contribution in [0.3, 0.4) is 0 Å². The van der Waals surface area contributed by atoms with E-state index in [0.717, 1.165) is 0 Å². The normalized spacial score (nSPS) is 23.6. The van der Waals surface area contributed by atoms with E-state index in [0.29, 0.717) is 17.9 Å². The lowest BCUT2D eigenvalue weighted by Crippen LogP contribution is -2.40. The highest BCUT2D eigenvalue weighted by atomic mass is 19.1. The van der Waals surface area contributed by atoms with Crippen molar-refractivity contribution < 1.29 is 23.4 Å². The fourth-order valence-corrected chi connectivity index (χ4v) is 2.10. The van der Waals surface area contributed by atoms with Crippen LogP contribution >= 0.6 is 0 Å².